The van der Waals surface area contributed by atoms with Crippen molar-refractivity contribution in [3.8, 4) is 6.07 Å². The second-order valence-electron chi connectivity index (χ2n) is 4.51. The van der Waals surface area contributed by atoms with Crippen LogP contribution < -0.4 is 5.32 Å². The van der Waals surface area contributed by atoms with E-state index in [0.717, 1.165) is 24.8 Å². The molecule has 0 aromatic carbocycles. The number of hydrogen-bond donors (Lipinski definition) is 1. The van der Waals surface area contributed by atoms with Gasteiger partial charge in [0.1, 0.15) is 16.8 Å². The first-order chi connectivity index (χ1) is 9.78. The fourth-order valence-electron chi connectivity index (χ4n) is 2.31. The molecule has 1 aliphatic carbocycles. The summed E-state index contributed by atoms with van der Waals surface area (Å²) in [6, 6.07) is 5.73. The summed E-state index contributed by atoms with van der Waals surface area (Å²) in [5, 5.41) is 12.7. The van der Waals surface area contributed by atoms with Crippen molar-refractivity contribution in [3.05, 3.63) is 46.2 Å². The lowest BCUT2D eigenvalue weighted by atomic mass is 10.1. The van der Waals surface area contributed by atoms with Gasteiger partial charge >= 0.3 is 0 Å². The molecule has 100 valence electrons. The van der Waals surface area contributed by atoms with Crippen LogP contribution in [-0.4, -0.2) is 5.91 Å². The smallest absolute Gasteiger partial charge is 0.249 e. The molecule has 0 unspecified atom stereocenters. The molecule has 1 N–H and O–H groups in total. The highest BCUT2D eigenvalue weighted by molar-refractivity contribution is 7.16. The van der Waals surface area contributed by atoms with Gasteiger partial charge in [0, 0.05) is 11.0 Å². The second kappa shape index (κ2) is 5.35. The number of furan rings is 1. The summed E-state index contributed by atoms with van der Waals surface area (Å²) in [5.41, 5.74) is 1.74. The van der Waals surface area contributed by atoms with Crippen molar-refractivity contribution in [1.82, 2.24) is 0 Å². The first-order valence-corrected chi connectivity index (χ1v) is 7.17. The predicted octanol–water partition coefficient (Wildman–Crippen LogP) is 3.35. The van der Waals surface area contributed by atoms with Crippen LogP contribution in [0.5, 0.6) is 0 Å². The van der Waals surface area contributed by atoms with Gasteiger partial charge < -0.3 is 9.73 Å². The minimum Gasteiger partial charge on any atom is -0.465 e. The second-order valence-corrected chi connectivity index (χ2v) is 5.62. The van der Waals surface area contributed by atoms with Gasteiger partial charge in [-0.25, -0.2) is 0 Å². The topological polar surface area (TPSA) is 66.0 Å². The molecule has 2 aromatic heterocycles. The van der Waals surface area contributed by atoms with Crippen LogP contribution in [0.2, 0.25) is 0 Å². The van der Waals surface area contributed by atoms with E-state index < -0.39 is 0 Å². The number of thiophene rings is 1. The predicted molar refractivity (Wildman–Crippen MR) is 77.4 cm³/mol. The lowest BCUT2D eigenvalue weighted by Gasteiger charge is -1.99. The van der Waals surface area contributed by atoms with Crippen LogP contribution >= 0.6 is 11.3 Å². The third-order valence-electron chi connectivity index (χ3n) is 3.21. The molecule has 5 heteroatoms. The lowest BCUT2D eigenvalue weighted by molar-refractivity contribution is -0.111. The quantitative estimate of drug-likeness (QED) is 0.879. The fraction of sp³-hybridized carbons (Fsp3) is 0.200. The summed E-state index contributed by atoms with van der Waals surface area (Å²) >= 11 is 1.51. The maximum Gasteiger partial charge on any atom is 0.249 e. The number of carbonyl (C=O) groups is 1. The molecule has 4 nitrogen and oxygen atoms in total. The largest absolute Gasteiger partial charge is 0.465 e. The lowest BCUT2D eigenvalue weighted by Crippen LogP contribution is -2.07. The number of amides is 1. The van der Waals surface area contributed by atoms with E-state index in [2.05, 4.69) is 11.4 Å². The third-order valence-corrected chi connectivity index (χ3v) is 4.42. The average molecular weight is 284 g/mol. The van der Waals surface area contributed by atoms with Crippen LogP contribution in [0.1, 0.15) is 28.2 Å². The standard InChI is InChI=1S/C15H12N2O2S/c16-9-12-11-4-1-5-13(11)20-15(12)17-14(18)7-6-10-3-2-8-19-10/h2-3,6-8H,1,4-5H2,(H,17,18). The number of nitrogens with one attached hydrogen (secondary N) is 1. The Morgan fingerprint density at radius 1 is 1.50 bits per heavy atom. The molecule has 2 heterocycles. The summed E-state index contributed by atoms with van der Waals surface area (Å²) in [6.07, 6.45) is 7.60. The first kappa shape index (κ1) is 12.7. The monoisotopic (exact) mass is 284 g/mol. The zero-order valence-electron chi connectivity index (χ0n) is 10.7. The van der Waals surface area contributed by atoms with Crippen molar-refractivity contribution in [1.29, 1.82) is 5.26 Å². The molecule has 20 heavy (non-hydrogen) atoms. The number of hydrogen-bond acceptors (Lipinski definition) is 4. The molecule has 0 saturated heterocycles. The molecule has 3 rings (SSSR count). The Morgan fingerprint density at radius 3 is 3.15 bits per heavy atom. The summed E-state index contributed by atoms with van der Waals surface area (Å²) in [5.74, 6) is 0.368. The average Bonchev–Trinajstić information content (AvgIpc) is 3.12. The maximum absolute atomic E-state index is 11.9. The molecule has 0 saturated carbocycles. The molecule has 0 spiro atoms. The van der Waals surface area contributed by atoms with Gasteiger partial charge in [-0.2, -0.15) is 5.26 Å². The van der Waals surface area contributed by atoms with Gasteiger partial charge in [-0.15, -0.1) is 11.3 Å². The van der Waals surface area contributed by atoms with Crippen molar-refractivity contribution < 1.29 is 9.21 Å². The van der Waals surface area contributed by atoms with E-state index in [1.807, 2.05) is 0 Å². The molecular weight excluding hydrogens is 272 g/mol. The highest BCUT2D eigenvalue weighted by atomic mass is 32.1. The normalized spacial score (nSPS) is 13.3. The van der Waals surface area contributed by atoms with E-state index in [9.17, 15) is 10.1 Å². The van der Waals surface area contributed by atoms with Crippen LogP contribution in [-0.2, 0) is 17.6 Å². The molecule has 0 aliphatic heterocycles. The molecule has 0 radical (unpaired) electrons. The Morgan fingerprint density at radius 2 is 2.40 bits per heavy atom. The van der Waals surface area contributed by atoms with Gasteiger partial charge in [0.25, 0.3) is 0 Å². The Balaban J connectivity index is 1.75. The van der Waals surface area contributed by atoms with Gasteiger partial charge in [0.15, 0.2) is 0 Å². The molecule has 0 fully saturated rings. The van der Waals surface area contributed by atoms with Crippen molar-refractivity contribution in [3.63, 3.8) is 0 Å². The minimum atomic E-state index is -0.252. The van der Waals surface area contributed by atoms with Crippen LogP contribution in [0, 0.1) is 11.3 Å². The minimum absolute atomic E-state index is 0.252. The number of rotatable bonds is 3. The van der Waals surface area contributed by atoms with Crippen molar-refractivity contribution in [2.75, 3.05) is 5.32 Å². The Kier molecular flexibility index (Phi) is 3.40. The van der Waals surface area contributed by atoms with E-state index >= 15 is 0 Å². The van der Waals surface area contributed by atoms with Crippen molar-refractivity contribution in [2.45, 2.75) is 19.3 Å². The maximum atomic E-state index is 11.9. The van der Waals surface area contributed by atoms with E-state index in [1.165, 1.54) is 22.3 Å². The molecule has 1 amide bonds. The highest BCUT2D eigenvalue weighted by Crippen LogP contribution is 2.38. The fourth-order valence-corrected chi connectivity index (χ4v) is 3.55. The van der Waals surface area contributed by atoms with Crippen molar-refractivity contribution in [2.24, 2.45) is 0 Å². The number of fused-ring (bicyclic) bond motifs is 1. The number of aryl methyl sites for hydroxylation is 1. The van der Waals surface area contributed by atoms with E-state index in [-0.39, 0.29) is 5.91 Å². The molecular formula is C15H12N2O2S. The zero-order chi connectivity index (χ0) is 13.9. The molecule has 0 bridgehead atoms. The number of nitrogens with zero attached hydrogens (tertiary/aromatic N) is 1. The van der Waals surface area contributed by atoms with Gasteiger partial charge in [-0.1, -0.05) is 0 Å². The Labute approximate surface area is 120 Å². The highest BCUT2D eigenvalue weighted by Gasteiger charge is 2.22. The van der Waals surface area contributed by atoms with Gasteiger partial charge in [0.05, 0.1) is 11.8 Å². The molecule has 1 aliphatic rings. The number of carbonyl (C=O) groups excluding carboxylic acids is 1. The van der Waals surface area contributed by atoms with Crippen LogP contribution in [0.15, 0.2) is 28.9 Å². The first-order valence-electron chi connectivity index (χ1n) is 6.35. The summed E-state index contributed by atoms with van der Waals surface area (Å²) in [6.45, 7) is 0. The van der Waals surface area contributed by atoms with Gasteiger partial charge in [-0.05, 0) is 43.0 Å². The zero-order valence-corrected chi connectivity index (χ0v) is 11.5. The SMILES string of the molecule is N#Cc1c(NC(=O)C=Cc2ccco2)sc2c1CCC2. The summed E-state index contributed by atoms with van der Waals surface area (Å²) in [7, 11) is 0. The number of nitriles is 1. The Hall–Kier alpha value is -2.32. The van der Waals surface area contributed by atoms with Crippen molar-refractivity contribution >= 4 is 28.3 Å². The van der Waals surface area contributed by atoms with E-state index in [1.54, 1.807) is 24.5 Å². The van der Waals surface area contributed by atoms with E-state index in [4.69, 9.17) is 4.42 Å². The summed E-state index contributed by atoms with van der Waals surface area (Å²) in [4.78, 5) is 13.1. The van der Waals surface area contributed by atoms with E-state index in [0.29, 0.717) is 16.3 Å². The Bertz CT molecular complexity index is 705. The van der Waals surface area contributed by atoms with Gasteiger partial charge in [0.2, 0.25) is 5.91 Å². The third kappa shape index (κ3) is 2.38. The molecule has 2 aromatic rings. The summed E-state index contributed by atoms with van der Waals surface area (Å²) < 4.78 is 5.11. The van der Waals surface area contributed by atoms with Gasteiger partial charge in [-0.3, -0.25) is 4.79 Å². The van der Waals surface area contributed by atoms with Crippen LogP contribution in [0.4, 0.5) is 5.00 Å². The molecule has 0 atom stereocenters. The van der Waals surface area contributed by atoms with Crippen LogP contribution in [0.3, 0.4) is 0 Å². The number of anilines is 1. The van der Waals surface area contributed by atoms with Crippen LogP contribution in [0.25, 0.3) is 6.08 Å².